The van der Waals surface area contributed by atoms with Gasteiger partial charge in [0.25, 0.3) is 5.91 Å². The predicted molar refractivity (Wildman–Crippen MR) is 101 cm³/mol. The Balaban J connectivity index is 1.96. The summed E-state index contributed by atoms with van der Waals surface area (Å²) >= 11 is 8.50. The minimum atomic E-state index is -0.312. The summed E-state index contributed by atoms with van der Waals surface area (Å²) < 4.78 is 11.1. The average Bonchev–Trinajstić information content (AvgIpc) is 2.60. The van der Waals surface area contributed by atoms with Crippen LogP contribution in [0.1, 0.15) is 10.4 Å². The summed E-state index contributed by atoms with van der Waals surface area (Å²) in [6.45, 7) is 0. The van der Waals surface area contributed by atoms with E-state index in [2.05, 4.69) is 32.1 Å². The molecular weight excluding hydrogens is 394 g/mol. The Morgan fingerprint density at radius 1 is 1.08 bits per heavy atom. The first kappa shape index (κ1) is 18.0. The Kier molecular flexibility index (Phi) is 6.39. The Hall–Kier alpha value is -2.32. The van der Waals surface area contributed by atoms with Gasteiger partial charge in [0.2, 0.25) is 0 Å². The van der Waals surface area contributed by atoms with Crippen molar-refractivity contribution in [3.8, 4) is 11.5 Å². The fraction of sp³-hybridized carbons (Fsp3) is 0.125. The largest absolute Gasteiger partial charge is 0.497 e. The fourth-order valence-corrected chi connectivity index (χ4v) is 2.51. The molecule has 0 spiro atoms. The second-order valence-electron chi connectivity index (χ2n) is 4.58. The number of carbonyl (C=O) groups is 1. The fourth-order valence-electron chi connectivity index (χ4n) is 1.88. The predicted octanol–water partition coefficient (Wildman–Crippen LogP) is 3.10. The number of carbonyl (C=O) groups excluding carboxylic acids is 1. The summed E-state index contributed by atoms with van der Waals surface area (Å²) in [7, 11) is 3.12. The summed E-state index contributed by atoms with van der Waals surface area (Å²) in [6.07, 6.45) is 0. The van der Waals surface area contributed by atoms with E-state index in [1.165, 1.54) is 0 Å². The van der Waals surface area contributed by atoms with Gasteiger partial charge in [-0.15, -0.1) is 0 Å². The van der Waals surface area contributed by atoms with Crippen molar-refractivity contribution in [2.75, 3.05) is 19.5 Å². The van der Waals surface area contributed by atoms with Crippen molar-refractivity contribution in [1.82, 2.24) is 10.9 Å². The molecule has 6 nitrogen and oxygen atoms in total. The van der Waals surface area contributed by atoms with Crippen molar-refractivity contribution in [2.45, 2.75) is 0 Å². The standard InChI is InChI=1S/C16H16BrN3O3S/c1-22-10-7-8-13(14(9-10)23-2)18-16(24)20-19-15(21)11-5-3-4-6-12(11)17/h3-9H,1-2H3,(H,19,21)(H2,18,20,24). The van der Waals surface area contributed by atoms with Gasteiger partial charge in [-0.05, 0) is 52.4 Å². The van der Waals surface area contributed by atoms with Crippen molar-refractivity contribution >= 4 is 44.9 Å². The summed E-state index contributed by atoms with van der Waals surface area (Å²) in [4.78, 5) is 12.1. The van der Waals surface area contributed by atoms with E-state index >= 15 is 0 Å². The lowest BCUT2D eigenvalue weighted by Gasteiger charge is -2.15. The first-order chi connectivity index (χ1) is 11.5. The number of nitrogens with one attached hydrogen (secondary N) is 3. The van der Waals surface area contributed by atoms with Crippen molar-refractivity contribution in [1.29, 1.82) is 0 Å². The van der Waals surface area contributed by atoms with E-state index in [0.717, 1.165) is 0 Å². The molecule has 0 aliphatic rings. The van der Waals surface area contributed by atoms with E-state index < -0.39 is 0 Å². The van der Waals surface area contributed by atoms with E-state index in [-0.39, 0.29) is 11.0 Å². The molecule has 0 saturated heterocycles. The Bertz CT molecular complexity index is 755. The molecule has 0 radical (unpaired) electrons. The van der Waals surface area contributed by atoms with Gasteiger partial charge >= 0.3 is 0 Å². The van der Waals surface area contributed by atoms with Gasteiger partial charge < -0.3 is 14.8 Å². The normalized spacial score (nSPS) is 9.79. The third kappa shape index (κ3) is 4.59. The Morgan fingerprint density at radius 3 is 2.50 bits per heavy atom. The molecule has 2 aromatic carbocycles. The van der Waals surface area contributed by atoms with E-state index in [0.29, 0.717) is 27.2 Å². The molecule has 126 valence electrons. The van der Waals surface area contributed by atoms with Crippen LogP contribution in [0.25, 0.3) is 0 Å². The highest BCUT2D eigenvalue weighted by Gasteiger charge is 2.10. The second-order valence-corrected chi connectivity index (χ2v) is 5.84. The molecule has 3 N–H and O–H groups in total. The topological polar surface area (TPSA) is 71.6 Å². The average molecular weight is 410 g/mol. The third-order valence-corrected chi connectivity index (χ3v) is 3.96. The molecule has 1 amide bonds. The van der Waals surface area contributed by atoms with E-state index in [1.54, 1.807) is 50.6 Å². The van der Waals surface area contributed by atoms with Crippen LogP contribution in [-0.2, 0) is 0 Å². The number of thiocarbonyl (C=S) groups is 1. The maximum absolute atomic E-state index is 12.1. The first-order valence-corrected chi connectivity index (χ1v) is 8.09. The van der Waals surface area contributed by atoms with Gasteiger partial charge in [0.1, 0.15) is 11.5 Å². The number of hydrogen-bond donors (Lipinski definition) is 3. The lowest BCUT2D eigenvalue weighted by atomic mass is 10.2. The number of anilines is 1. The molecule has 2 aromatic rings. The molecule has 0 heterocycles. The van der Waals surface area contributed by atoms with Crippen LogP contribution >= 0.6 is 28.1 Å². The number of benzene rings is 2. The van der Waals surface area contributed by atoms with Crippen molar-refractivity contribution in [3.63, 3.8) is 0 Å². The van der Waals surface area contributed by atoms with Gasteiger partial charge in [-0.2, -0.15) is 0 Å². The van der Waals surface area contributed by atoms with Crippen molar-refractivity contribution in [2.24, 2.45) is 0 Å². The molecule has 0 bridgehead atoms. The van der Waals surface area contributed by atoms with E-state index in [9.17, 15) is 4.79 Å². The zero-order valence-electron chi connectivity index (χ0n) is 13.1. The van der Waals surface area contributed by atoms with Gasteiger partial charge in [0.05, 0.1) is 25.5 Å². The van der Waals surface area contributed by atoms with Gasteiger partial charge in [0.15, 0.2) is 5.11 Å². The molecule has 0 aliphatic carbocycles. The Morgan fingerprint density at radius 2 is 1.83 bits per heavy atom. The smallest absolute Gasteiger partial charge is 0.270 e. The minimum Gasteiger partial charge on any atom is -0.497 e. The highest BCUT2D eigenvalue weighted by Crippen LogP contribution is 2.28. The SMILES string of the molecule is COc1ccc(NC(=S)NNC(=O)c2ccccc2Br)c(OC)c1. The number of halogens is 1. The van der Waals surface area contributed by atoms with Crippen LogP contribution in [0.15, 0.2) is 46.9 Å². The highest BCUT2D eigenvalue weighted by atomic mass is 79.9. The van der Waals surface area contributed by atoms with Crippen LogP contribution in [0.2, 0.25) is 0 Å². The van der Waals surface area contributed by atoms with Crippen molar-refractivity contribution < 1.29 is 14.3 Å². The van der Waals surface area contributed by atoms with Crippen LogP contribution in [-0.4, -0.2) is 25.2 Å². The lowest BCUT2D eigenvalue weighted by Crippen LogP contribution is -2.43. The molecule has 8 heteroatoms. The second kappa shape index (κ2) is 8.51. The number of ether oxygens (including phenoxy) is 2. The van der Waals surface area contributed by atoms with Gasteiger partial charge in [-0.25, -0.2) is 0 Å². The maximum Gasteiger partial charge on any atom is 0.270 e. The summed E-state index contributed by atoms with van der Waals surface area (Å²) in [5.41, 5.74) is 6.32. The zero-order valence-corrected chi connectivity index (χ0v) is 15.5. The van der Waals surface area contributed by atoms with Crippen LogP contribution in [0.4, 0.5) is 5.69 Å². The van der Waals surface area contributed by atoms with Crippen LogP contribution in [0, 0.1) is 0 Å². The number of hydrazine groups is 1. The molecule has 2 rings (SSSR count). The molecule has 0 aliphatic heterocycles. The van der Waals surface area contributed by atoms with Gasteiger partial charge in [-0.3, -0.25) is 15.6 Å². The first-order valence-electron chi connectivity index (χ1n) is 6.89. The molecule has 0 unspecified atom stereocenters. The summed E-state index contributed by atoms with van der Waals surface area (Å²) in [5, 5.41) is 3.17. The molecule has 0 fully saturated rings. The lowest BCUT2D eigenvalue weighted by molar-refractivity contribution is 0.0943. The highest BCUT2D eigenvalue weighted by molar-refractivity contribution is 9.10. The monoisotopic (exact) mass is 409 g/mol. The molecular formula is C16H16BrN3O3S. The van der Waals surface area contributed by atoms with Crippen molar-refractivity contribution in [3.05, 3.63) is 52.5 Å². The quantitative estimate of drug-likeness (QED) is 0.532. The summed E-state index contributed by atoms with van der Waals surface area (Å²) in [6, 6.07) is 12.4. The number of amides is 1. The molecule has 0 aromatic heterocycles. The number of hydrogen-bond acceptors (Lipinski definition) is 4. The van der Waals surface area contributed by atoms with Crippen LogP contribution in [0.3, 0.4) is 0 Å². The van der Waals surface area contributed by atoms with E-state index in [1.807, 2.05) is 6.07 Å². The van der Waals surface area contributed by atoms with Crippen LogP contribution < -0.4 is 25.6 Å². The maximum atomic E-state index is 12.1. The van der Waals surface area contributed by atoms with E-state index in [4.69, 9.17) is 21.7 Å². The van der Waals surface area contributed by atoms with Gasteiger partial charge in [-0.1, -0.05) is 12.1 Å². The summed E-state index contributed by atoms with van der Waals surface area (Å²) in [5.74, 6) is 0.919. The zero-order chi connectivity index (χ0) is 17.5. The number of rotatable bonds is 4. The molecule has 0 atom stereocenters. The van der Waals surface area contributed by atoms with Gasteiger partial charge in [0, 0.05) is 10.5 Å². The Labute approximate surface area is 153 Å². The molecule has 24 heavy (non-hydrogen) atoms. The van der Waals surface area contributed by atoms with Crippen LogP contribution in [0.5, 0.6) is 11.5 Å². The molecule has 0 saturated carbocycles. The number of methoxy groups -OCH3 is 2. The third-order valence-electron chi connectivity index (χ3n) is 3.06. The minimum absolute atomic E-state index is 0.221.